The van der Waals surface area contributed by atoms with Crippen LogP contribution < -0.4 is 11.1 Å². The van der Waals surface area contributed by atoms with Crippen LogP contribution >= 0.6 is 28.1 Å². The van der Waals surface area contributed by atoms with E-state index in [4.69, 9.17) is 18.0 Å². The molecule has 3 N–H and O–H groups in total. The maximum atomic E-state index is 11.6. The Hall–Kier alpha value is -1.14. The smallest absolute Gasteiger partial charge is 0.241 e. The van der Waals surface area contributed by atoms with E-state index in [1.165, 1.54) is 0 Å². The third-order valence-electron chi connectivity index (χ3n) is 2.58. The number of nitrogens with zero attached hydrogens (tertiary/aromatic N) is 1. The fourth-order valence-corrected chi connectivity index (χ4v) is 1.94. The van der Waals surface area contributed by atoms with Gasteiger partial charge in [-0.25, -0.2) is 0 Å². The summed E-state index contributed by atoms with van der Waals surface area (Å²) < 4.78 is 0.833. The topological polar surface area (TPSA) is 58.4 Å². The molecular formula is C12H16BrN3OS. The SMILES string of the molecule is CCN(C)C(=O)CNc1ccc(C(N)=S)cc1Br. The van der Waals surface area contributed by atoms with E-state index in [1.807, 2.05) is 25.1 Å². The Morgan fingerprint density at radius 3 is 2.72 bits per heavy atom. The number of anilines is 1. The van der Waals surface area contributed by atoms with Crippen LogP contribution in [0.2, 0.25) is 0 Å². The Morgan fingerprint density at radius 2 is 2.22 bits per heavy atom. The molecule has 0 aliphatic carbocycles. The molecule has 98 valence electrons. The number of nitrogens with one attached hydrogen (secondary N) is 1. The van der Waals surface area contributed by atoms with Crippen molar-refractivity contribution < 1.29 is 4.79 Å². The van der Waals surface area contributed by atoms with Crippen LogP contribution in [0.5, 0.6) is 0 Å². The number of likely N-dealkylation sites (N-methyl/N-ethyl adjacent to an activating group) is 1. The highest BCUT2D eigenvalue weighted by molar-refractivity contribution is 9.10. The zero-order chi connectivity index (χ0) is 13.7. The first-order valence-electron chi connectivity index (χ1n) is 5.53. The summed E-state index contributed by atoms with van der Waals surface area (Å²) in [6.45, 7) is 2.89. The second-order valence-corrected chi connectivity index (χ2v) is 5.11. The van der Waals surface area contributed by atoms with Gasteiger partial charge in [-0.15, -0.1) is 0 Å². The Labute approximate surface area is 121 Å². The van der Waals surface area contributed by atoms with E-state index in [0.29, 0.717) is 11.5 Å². The van der Waals surface area contributed by atoms with Gasteiger partial charge in [0.05, 0.1) is 6.54 Å². The van der Waals surface area contributed by atoms with Crippen molar-refractivity contribution in [2.45, 2.75) is 6.92 Å². The van der Waals surface area contributed by atoms with Gasteiger partial charge in [-0.2, -0.15) is 0 Å². The minimum atomic E-state index is 0.0443. The molecule has 0 radical (unpaired) electrons. The van der Waals surface area contributed by atoms with Gasteiger partial charge < -0.3 is 16.0 Å². The Morgan fingerprint density at radius 1 is 1.56 bits per heavy atom. The average Bonchev–Trinajstić information content (AvgIpc) is 2.35. The summed E-state index contributed by atoms with van der Waals surface area (Å²) in [5, 5.41) is 3.07. The van der Waals surface area contributed by atoms with E-state index in [1.54, 1.807) is 11.9 Å². The summed E-state index contributed by atoms with van der Waals surface area (Å²) in [4.78, 5) is 13.6. The van der Waals surface area contributed by atoms with E-state index in [2.05, 4.69) is 21.2 Å². The van der Waals surface area contributed by atoms with E-state index in [9.17, 15) is 4.79 Å². The van der Waals surface area contributed by atoms with Crippen molar-refractivity contribution in [3.8, 4) is 0 Å². The molecule has 0 aromatic heterocycles. The number of hydrogen-bond acceptors (Lipinski definition) is 3. The van der Waals surface area contributed by atoms with Crippen molar-refractivity contribution >= 4 is 44.7 Å². The first-order chi connectivity index (χ1) is 8.45. The highest BCUT2D eigenvalue weighted by Gasteiger charge is 2.08. The maximum absolute atomic E-state index is 11.6. The molecule has 0 saturated carbocycles. The fraction of sp³-hybridized carbons (Fsp3) is 0.333. The van der Waals surface area contributed by atoms with E-state index < -0.39 is 0 Å². The molecule has 0 atom stereocenters. The first-order valence-corrected chi connectivity index (χ1v) is 6.73. The molecule has 0 bridgehead atoms. The number of amides is 1. The van der Waals surface area contributed by atoms with Crippen LogP contribution in [0.3, 0.4) is 0 Å². The van der Waals surface area contributed by atoms with Crippen molar-refractivity contribution in [3.05, 3.63) is 28.2 Å². The number of rotatable bonds is 5. The van der Waals surface area contributed by atoms with Crippen molar-refractivity contribution in [1.29, 1.82) is 0 Å². The number of benzene rings is 1. The molecule has 0 unspecified atom stereocenters. The minimum Gasteiger partial charge on any atom is -0.389 e. The van der Waals surface area contributed by atoms with Crippen molar-refractivity contribution in [2.75, 3.05) is 25.5 Å². The molecule has 0 spiro atoms. The van der Waals surface area contributed by atoms with Gasteiger partial charge in [-0.05, 0) is 41.1 Å². The fourth-order valence-electron chi connectivity index (χ4n) is 1.29. The lowest BCUT2D eigenvalue weighted by atomic mass is 10.2. The number of halogens is 1. The lowest BCUT2D eigenvalue weighted by Gasteiger charge is -2.16. The van der Waals surface area contributed by atoms with Gasteiger partial charge in [-0.1, -0.05) is 12.2 Å². The average molecular weight is 330 g/mol. The molecule has 18 heavy (non-hydrogen) atoms. The zero-order valence-electron chi connectivity index (χ0n) is 10.4. The van der Waals surface area contributed by atoms with Crippen LogP contribution in [-0.4, -0.2) is 35.9 Å². The predicted octanol–water partition coefficient (Wildman–Crippen LogP) is 1.97. The number of nitrogens with two attached hydrogens (primary N) is 1. The first kappa shape index (κ1) is 14.9. The van der Waals surface area contributed by atoms with Crippen molar-refractivity contribution in [2.24, 2.45) is 5.73 Å². The van der Waals surface area contributed by atoms with E-state index in [-0.39, 0.29) is 12.5 Å². The van der Waals surface area contributed by atoms with Crippen molar-refractivity contribution in [3.63, 3.8) is 0 Å². The van der Waals surface area contributed by atoms with Crippen molar-refractivity contribution in [1.82, 2.24) is 4.90 Å². The lowest BCUT2D eigenvalue weighted by Crippen LogP contribution is -2.31. The Balaban J connectivity index is 2.69. The molecule has 0 aliphatic heterocycles. The van der Waals surface area contributed by atoms with Crippen LogP contribution in [0.15, 0.2) is 22.7 Å². The molecule has 1 aromatic rings. The monoisotopic (exact) mass is 329 g/mol. The van der Waals surface area contributed by atoms with Crippen LogP contribution in [0.1, 0.15) is 12.5 Å². The van der Waals surface area contributed by atoms with Gasteiger partial charge in [0.25, 0.3) is 0 Å². The highest BCUT2D eigenvalue weighted by Crippen LogP contribution is 2.23. The van der Waals surface area contributed by atoms with Gasteiger partial charge in [0.2, 0.25) is 5.91 Å². The third kappa shape index (κ3) is 3.96. The molecule has 1 aromatic carbocycles. The number of hydrogen-bond donors (Lipinski definition) is 2. The van der Waals surface area contributed by atoms with Gasteiger partial charge in [-0.3, -0.25) is 4.79 Å². The minimum absolute atomic E-state index is 0.0443. The predicted molar refractivity (Wildman–Crippen MR) is 81.8 cm³/mol. The van der Waals surface area contributed by atoms with Gasteiger partial charge >= 0.3 is 0 Å². The molecule has 1 amide bonds. The second kappa shape index (κ2) is 6.70. The molecule has 0 fully saturated rings. The normalized spacial score (nSPS) is 9.94. The molecule has 0 heterocycles. The molecule has 4 nitrogen and oxygen atoms in total. The molecular weight excluding hydrogens is 314 g/mol. The zero-order valence-corrected chi connectivity index (χ0v) is 12.8. The summed E-state index contributed by atoms with van der Waals surface area (Å²) in [6, 6.07) is 5.50. The summed E-state index contributed by atoms with van der Waals surface area (Å²) in [5.41, 5.74) is 7.17. The van der Waals surface area contributed by atoms with Crippen LogP contribution in [0, 0.1) is 0 Å². The molecule has 0 saturated heterocycles. The number of thiocarbonyl (C=S) groups is 1. The van der Waals surface area contributed by atoms with Crippen LogP contribution in [0.4, 0.5) is 5.69 Å². The maximum Gasteiger partial charge on any atom is 0.241 e. The molecule has 0 aliphatic rings. The van der Waals surface area contributed by atoms with Crippen LogP contribution in [0.25, 0.3) is 0 Å². The standard InChI is InChI=1S/C12H16BrN3OS/c1-3-16(2)11(17)7-15-10-5-4-8(12(14)18)6-9(10)13/h4-6,15H,3,7H2,1-2H3,(H2,14,18). The summed E-state index contributed by atoms with van der Waals surface area (Å²) in [7, 11) is 1.77. The van der Waals surface area contributed by atoms with Gasteiger partial charge in [0.15, 0.2) is 0 Å². The summed E-state index contributed by atoms with van der Waals surface area (Å²) in [5.74, 6) is 0.0443. The largest absolute Gasteiger partial charge is 0.389 e. The Bertz CT molecular complexity index is 465. The van der Waals surface area contributed by atoms with E-state index >= 15 is 0 Å². The number of carbonyl (C=O) groups excluding carboxylic acids is 1. The van der Waals surface area contributed by atoms with Crippen LogP contribution in [-0.2, 0) is 4.79 Å². The molecule has 1 rings (SSSR count). The summed E-state index contributed by atoms with van der Waals surface area (Å²) >= 11 is 8.31. The summed E-state index contributed by atoms with van der Waals surface area (Å²) in [6.07, 6.45) is 0. The lowest BCUT2D eigenvalue weighted by molar-refractivity contribution is -0.127. The van der Waals surface area contributed by atoms with E-state index in [0.717, 1.165) is 15.7 Å². The highest BCUT2D eigenvalue weighted by atomic mass is 79.9. The quantitative estimate of drug-likeness (QED) is 0.811. The second-order valence-electron chi connectivity index (χ2n) is 3.82. The van der Waals surface area contributed by atoms with Gasteiger partial charge in [0, 0.05) is 29.3 Å². The third-order valence-corrected chi connectivity index (χ3v) is 3.48. The van der Waals surface area contributed by atoms with Gasteiger partial charge in [0.1, 0.15) is 4.99 Å². The molecule has 6 heteroatoms. The Kier molecular flexibility index (Phi) is 5.55. The number of carbonyl (C=O) groups is 1.